The molecular formula is C25H28F2N2O3. The molecule has 3 rings (SSSR count). The van der Waals surface area contributed by atoms with Crippen LogP contribution in [0.1, 0.15) is 53.0 Å². The number of ketones is 1. The van der Waals surface area contributed by atoms with E-state index in [2.05, 4.69) is 5.32 Å². The molecule has 1 unspecified atom stereocenters. The summed E-state index contributed by atoms with van der Waals surface area (Å²) in [4.78, 5) is 40.1. The minimum absolute atomic E-state index is 0.128. The van der Waals surface area contributed by atoms with Crippen molar-refractivity contribution in [1.29, 1.82) is 0 Å². The molecule has 2 aromatic carbocycles. The Morgan fingerprint density at radius 1 is 1.03 bits per heavy atom. The standard InChI is InChI=1S/C25H28F2N2O3/c1-15(2)22(28-24(31)18-6-4-5-16(3)13-18)25(32)29-11-9-17(10-12-29)23(30)20-14-19(26)7-8-21(20)27/h4-8,13-15,17,22H,9-12H2,1-3H3,(H,28,31). The van der Waals surface area contributed by atoms with Crippen LogP contribution in [0.25, 0.3) is 0 Å². The zero-order chi connectivity index (χ0) is 23.4. The lowest BCUT2D eigenvalue weighted by Crippen LogP contribution is -2.53. The first-order chi connectivity index (χ1) is 15.2. The molecule has 1 saturated heterocycles. The van der Waals surface area contributed by atoms with Crippen LogP contribution < -0.4 is 5.32 Å². The SMILES string of the molecule is Cc1cccc(C(=O)NC(C(=O)N2CCC(C(=O)c3cc(F)ccc3F)CC2)C(C)C)c1. The van der Waals surface area contributed by atoms with Crippen LogP contribution in [0.4, 0.5) is 8.78 Å². The van der Waals surface area contributed by atoms with Gasteiger partial charge in [-0.25, -0.2) is 8.78 Å². The van der Waals surface area contributed by atoms with Crippen molar-refractivity contribution in [1.82, 2.24) is 10.2 Å². The summed E-state index contributed by atoms with van der Waals surface area (Å²) in [6.07, 6.45) is 0.717. The highest BCUT2D eigenvalue weighted by Crippen LogP contribution is 2.24. The van der Waals surface area contributed by atoms with Crippen molar-refractivity contribution in [2.45, 2.75) is 39.7 Å². The lowest BCUT2D eigenvalue weighted by atomic mass is 9.88. The van der Waals surface area contributed by atoms with E-state index in [1.807, 2.05) is 26.8 Å². The second-order valence-electron chi connectivity index (χ2n) is 8.65. The number of likely N-dealkylation sites (tertiary alicyclic amines) is 1. The van der Waals surface area contributed by atoms with E-state index in [9.17, 15) is 23.2 Å². The zero-order valence-corrected chi connectivity index (χ0v) is 18.5. The predicted molar refractivity (Wildman–Crippen MR) is 117 cm³/mol. The van der Waals surface area contributed by atoms with Crippen LogP contribution in [-0.2, 0) is 4.79 Å². The van der Waals surface area contributed by atoms with Crippen molar-refractivity contribution >= 4 is 17.6 Å². The highest BCUT2D eigenvalue weighted by molar-refractivity contribution is 5.99. The number of nitrogens with one attached hydrogen (secondary N) is 1. The lowest BCUT2D eigenvalue weighted by molar-refractivity contribution is -0.135. The Morgan fingerprint density at radius 3 is 2.34 bits per heavy atom. The molecule has 1 aliphatic heterocycles. The van der Waals surface area contributed by atoms with Gasteiger partial charge in [0.1, 0.15) is 17.7 Å². The zero-order valence-electron chi connectivity index (χ0n) is 18.5. The average Bonchev–Trinajstić information content (AvgIpc) is 2.78. The first-order valence-electron chi connectivity index (χ1n) is 10.8. The Kier molecular flexibility index (Phi) is 7.38. The fraction of sp³-hybridized carbons (Fsp3) is 0.400. The minimum atomic E-state index is -0.742. The maximum atomic E-state index is 14.0. The molecule has 1 heterocycles. The molecule has 2 aromatic rings. The van der Waals surface area contributed by atoms with Crippen molar-refractivity contribution in [3.8, 4) is 0 Å². The molecule has 1 aliphatic rings. The number of carbonyl (C=O) groups is 3. The topological polar surface area (TPSA) is 66.5 Å². The molecule has 7 heteroatoms. The van der Waals surface area contributed by atoms with Gasteiger partial charge in [-0.2, -0.15) is 0 Å². The Hall–Kier alpha value is -3.09. The van der Waals surface area contributed by atoms with Crippen LogP contribution in [0, 0.1) is 30.4 Å². The summed E-state index contributed by atoms with van der Waals surface area (Å²) >= 11 is 0. The Morgan fingerprint density at radius 2 is 1.72 bits per heavy atom. The molecular weight excluding hydrogens is 414 g/mol. The second kappa shape index (κ2) is 10.0. The third-order valence-corrected chi connectivity index (χ3v) is 5.87. The van der Waals surface area contributed by atoms with E-state index < -0.39 is 29.4 Å². The fourth-order valence-electron chi connectivity index (χ4n) is 3.99. The van der Waals surface area contributed by atoms with Crippen molar-refractivity contribution in [3.63, 3.8) is 0 Å². The quantitative estimate of drug-likeness (QED) is 0.684. The van der Waals surface area contributed by atoms with Crippen LogP contribution in [0.15, 0.2) is 42.5 Å². The number of carbonyl (C=O) groups excluding carboxylic acids is 3. The molecule has 0 radical (unpaired) electrons. The molecule has 170 valence electrons. The number of piperidine rings is 1. The molecule has 0 aromatic heterocycles. The smallest absolute Gasteiger partial charge is 0.251 e. The molecule has 32 heavy (non-hydrogen) atoms. The van der Waals surface area contributed by atoms with Gasteiger partial charge in [0, 0.05) is 24.6 Å². The first kappa shape index (κ1) is 23.6. The summed E-state index contributed by atoms with van der Waals surface area (Å²) in [6, 6.07) is 9.30. The number of Topliss-reactive ketones (excluding diaryl/α,β-unsaturated/α-hetero) is 1. The van der Waals surface area contributed by atoms with Gasteiger partial charge in [0.05, 0.1) is 5.56 Å². The monoisotopic (exact) mass is 442 g/mol. The summed E-state index contributed by atoms with van der Waals surface area (Å²) in [5.74, 6) is -2.97. The fourth-order valence-corrected chi connectivity index (χ4v) is 3.99. The largest absolute Gasteiger partial charge is 0.341 e. The molecule has 0 spiro atoms. The molecule has 2 amide bonds. The van der Waals surface area contributed by atoms with Crippen molar-refractivity contribution < 1.29 is 23.2 Å². The van der Waals surface area contributed by atoms with Crippen molar-refractivity contribution in [2.24, 2.45) is 11.8 Å². The van der Waals surface area contributed by atoms with Crippen LogP contribution in [-0.4, -0.2) is 41.6 Å². The second-order valence-corrected chi connectivity index (χ2v) is 8.65. The number of aryl methyl sites for hydroxylation is 1. The van der Waals surface area contributed by atoms with Crippen molar-refractivity contribution in [3.05, 3.63) is 70.8 Å². The Balaban J connectivity index is 1.64. The van der Waals surface area contributed by atoms with Gasteiger partial charge >= 0.3 is 0 Å². The molecule has 0 bridgehead atoms. The van der Waals surface area contributed by atoms with E-state index in [1.165, 1.54) is 0 Å². The summed E-state index contributed by atoms with van der Waals surface area (Å²) < 4.78 is 27.4. The molecule has 0 aliphatic carbocycles. The molecule has 1 atom stereocenters. The third kappa shape index (κ3) is 5.39. The summed E-state index contributed by atoms with van der Waals surface area (Å²) in [5, 5.41) is 2.84. The average molecular weight is 443 g/mol. The number of benzene rings is 2. The van der Waals surface area contributed by atoms with E-state index in [0.717, 1.165) is 23.8 Å². The maximum Gasteiger partial charge on any atom is 0.251 e. The molecule has 0 saturated carbocycles. The Bertz CT molecular complexity index is 1010. The summed E-state index contributed by atoms with van der Waals surface area (Å²) in [6.45, 7) is 6.25. The number of hydrogen-bond donors (Lipinski definition) is 1. The van der Waals surface area contributed by atoms with Gasteiger partial charge in [-0.1, -0.05) is 31.5 Å². The summed E-state index contributed by atoms with van der Waals surface area (Å²) in [5.41, 5.74) is 1.19. The van der Waals surface area contributed by atoms with Gasteiger partial charge in [-0.05, 0) is 56.0 Å². The number of hydrogen-bond acceptors (Lipinski definition) is 3. The van der Waals surface area contributed by atoms with Gasteiger partial charge in [0.25, 0.3) is 5.91 Å². The predicted octanol–water partition coefficient (Wildman–Crippen LogP) is 4.15. The van der Waals surface area contributed by atoms with Crippen LogP contribution in [0.3, 0.4) is 0 Å². The van der Waals surface area contributed by atoms with Gasteiger partial charge in [0.2, 0.25) is 5.91 Å². The van der Waals surface area contributed by atoms with Gasteiger partial charge < -0.3 is 10.2 Å². The van der Waals surface area contributed by atoms with Crippen LogP contribution in [0.2, 0.25) is 0 Å². The van der Waals surface area contributed by atoms with Crippen LogP contribution in [0.5, 0.6) is 0 Å². The number of halogens is 2. The highest BCUT2D eigenvalue weighted by Gasteiger charge is 2.34. The summed E-state index contributed by atoms with van der Waals surface area (Å²) in [7, 11) is 0. The normalized spacial score (nSPS) is 15.5. The molecule has 1 N–H and O–H groups in total. The Labute approximate surface area is 186 Å². The number of amides is 2. The maximum absolute atomic E-state index is 14.0. The van der Waals surface area contributed by atoms with E-state index >= 15 is 0 Å². The molecule has 5 nitrogen and oxygen atoms in total. The lowest BCUT2D eigenvalue weighted by Gasteiger charge is -2.35. The number of rotatable bonds is 6. The van der Waals surface area contributed by atoms with Gasteiger partial charge in [-0.3, -0.25) is 14.4 Å². The van der Waals surface area contributed by atoms with E-state index in [0.29, 0.717) is 31.5 Å². The van der Waals surface area contributed by atoms with E-state index in [-0.39, 0.29) is 23.3 Å². The van der Waals surface area contributed by atoms with Gasteiger partial charge in [0.15, 0.2) is 5.78 Å². The third-order valence-electron chi connectivity index (χ3n) is 5.87. The molecule has 1 fully saturated rings. The van der Waals surface area contributed by atoms with E-state index in [1.54, 1.807) is 23.1 Å². The van der Waals surface area contributed by atoms with Crippen LogP contribution >= 0.6 is 0 Å². The minimum Gasteiger partial charge on any atom is -0.341 e. The van der Waals surface area contributed by atoms with E-state index in [4.69, 9.17) is 0 Å². The highest BCUT2D eigenvalue weighted by atomic mass is 19.1. The number of nitrogens with zero attached hydrogens (tertiary/aromatic N) is 1. The first-order valence-corrected chi connectivity index (χ1v) is 10.8. The van der Waals surface area contributed by atoms with Gasteiger partial charge in [-0.15, -0.1) is 0 Å². The van der Waals surface area contributed by atoms with Crippen molar-refractivity contribution in [2.75, 3.05) is 13.1 Å².